The molecule has 0 aliphatic carbocycles. The number of furan rings is 1. The molecule has 1 fully saturated rings. The maximum Gasteiger partial charge on any atom is 0.240 e. The summed E-state index contributed by atoms with van der Waals surface area (Å²) in [6.07, 6.45) is 1.64. The van der Waals surface area contributed by atoms with Crippen LogP contribution < -0.4 is 0 Å². The van der Waals surface area contributed by atoms with E-state index in [9.17, 15) is 4.79 Å². The van der Waals surface area contributed by atoms with Crippen molar-refractivity contribution in [2.75, 3.05) is 26.3 Å². The molecule has 0 N–H and O–H groups in total. The average Bonchev–Trinajstić information content (AvgIpc) is 3.54. The second-order valence-corrected chi connectivity index (χ2v) is 9.33. The smallest absolute Gasteiger partial charge is 0.240 e. The molecule has 9 heteroatoms. The van der Waals surface area contributed by atoms with Crippen molar-refractivity contribution in [1.29, 1.82) is 0 Å². The molecule has 2 aromatic carbocycles. The van der Waals surface area contributed by atoms with E-state index in [0.717, 1.165) is 16.9 Å². The van der Waals surface area contributed by atoms with Crippen LogP contribution in [0.25, 0.3) is 11.4 Å². The van der Waals surface area contributed by atoms with Crippen molar-refractivity contribution in [2.24, 2.45) is 0 Å². The SMILES string of the molecule is O=C([C@@H](Sc1nnc(-c2ccc(Cl)cc2)n1Cc1ccco1)c1ccccc1)N1CCOCC1. The van der Waals surface area contributed by atoms with E-state index in [2.05, 4.69) is 10.2 Å². The average molecular weight is 495 g/mol. The number of carbonyl (C=O) groups excluding carboxylic acids is 1. The van der Waals surface area contributed by atoms with Gasteiger partial charge in [-0.25, -0.2) is 0 Å². The zero-order valence-electron chi connectivity index (χ0n) is 18.3. The molecule has 0 spiro atoms. The first-order valence-corrected chi connectivity index (χ1v) is 12.2. The fourth-order valence-corrected chi connectivity index (χ4v) is 5.08. The summed E-state index contributed by atoms with van der Waals surface area (Å²) in [5, 5.41) is 9.80. The number of amides is 1. The minimum atomic E-state index is -0.461. The summed E-state index contributed by atoms with van der Waals surface area (Å²) in [5.74, 6) is 1.49. The fraction of sp³-hybridized carbons (Fsp3) is 0.240. The molecule has 0 unspecified atom stereocenters. The van der Waals surface area contributed by atoms with Crippen LogP contribution in [0.4, 0.5) is 0 Å². The van der Waals surface area contributed by atoms with Gasteiger partial charge in [-0.3, -0.25) is 9.36 Å². The van der Waals surface area contributed by atoms with E-state index >= 15 is 0 Å². The number of ether oxygens (including phenoxy) is 1. The maximum atomic E-state index is 13.6. The van der Waals surface area contributed by atoms with Crippen LogP contribution in [0.5, 0.6) is 0 Å². The lowest BCUT2D eigenvalue weighted by Gasteiger charge is -2.30. The molecule has 7 nitrogen and oxygen atoms in total. The van der Waals surface area contributed by atoms with E-state index in [1.165, 1.54) is 11.8 Å². The molecule has 1 amide bonds. The van der Waals surface area contributed by atoms with Gasteiger partial charge in [0.1, 0.15) is 11.0 Å². The van der Waals surface area contributed by atoms with Gasteiger partial charge in [0.15, 0.2) is 11.0 Å². The number of nitrogens with zero attached hydrogens (tertiary/aromatic N) is 4. The molecule has 5 rings (SSSR count). The number of hydrogen-bond acceptors (Lipinski definition) is 6. The van der Waals surface area contributed by atoms with Gasteiger partial charge in [0, 0.05) is 23.7 Å². The van der Waals surface area contributed by atoms with Gasteiger partial charge in [-0.05, 0) is 42.0 Å². The monoisotopic (exact) mass is 494 g/mol. The first kappa shape index (κ1) is 22.7. The molecule has 0 bridgehead atoms. The van der Waals surface area contributed by atoms with Crippen molar-refractivity contribution in [3.8, 4) is 11.4 Å². The van der Waals surface area contributed by atoms with Crippen molar-refractivity contribution in [3.63, 3.8) is 0 Å². The van der Waals surface area contributed by atoms with E-state index < -0.39 is 5.25 Å². The van der Waals surface area contributed by atoms with Crippen LogP contribution in [0.15, 0.2) is 82.6 Å². The van der Waals surface area contributed by atoms with Crippen molar-refractivity contribution >= 4 is 29.3 Å². The first-order valence-electron chi connectivity index (χ1n) is 11.0. The van der Waals surface area contributed by atoms with Crippen molar-refractivity contribution in [3.05, 3.63) is 89.3 Å². The third kappa shape index (κ3) is 5.04. The number of carbonyl (C=O) groups is 1. The van der Waals surface area contributed by atoms with E-state index in [1.807, 2.05) is 76.2 Å². The second kappa shape index (κ2) is 10.5. The third-order valence-electron chi connectivity index (χ3n) is 5.59. The number of benzene rings is 2. The lowest BCUT2D eigenvalue weighted by atomic mass is 10.1. The number of morpholine rings is 1. The summed E-state index contributed by atoms with van der Waals surface area (Å²) in [7, 11) is 0. The van der Waals surface area contributed by atoms with Crippen LogP contribution in [0.1, 0.15) is 16.6 Å². The minimum absolute atomic E-state index is 0.0418. The summed E-state index contributed by atoms with van der Waals surface area (Å²) in [6.45, 7) is 2.70. The number of rotatable bonds is 7. The maximum absolute atomic E-state index is 13.6. The quantitative estimate of drug-likeness (QED) is 0.339. The minimum Gasteiger partial charge on any atom is -0.467 e. The predicted octanol–water partition coefficient (Wildman–Crippen LogP) is 4.93. The van der Waals surface area contributed by atoms with E-state index in [-0.39, 0.29) is 5.91 Å². The van der Waals surface area contributed by atoms with Crippen LogP contribution in [-0.2, 0) is 16.1 Å². The number of aromatic nitrogens is 3. The molecular formula is C25H23ClN4O3S. The Labute approximate surface area is 206 Å². The Balaban J connectivity index is 1.52. The number of halogens is 1. The van der Waals surface area contributed by atoms with Gasteiger partial charge in [-0.1, -0.05) is 53.7 Å². The first-order chi connectivity index (χ1) is 16.7. The molecular weight excluding hydrogens is 472 g/mol. The van der Waals surface area contributed by atoms with E-state index in [0.29, 0.717) is 48.9 Å². The number of thioether (sulfide) groups is 1. The topological polar surface area (TPSA) is 73.4 Å². The molecule has 0 radical (unpaired) electrons. The van der Waals surface area contributed by atoms with Crippen molar-refractivity contribution < 1.29 is 13.9 Å². The molecule has 0 saturated carbocycles. The molecule has 34 heavy (non-hydrogen) atoms. The van der Waals surface area contributed by atoms with E-state index in [1.54, 1.807) is 6.26 Å². The Bertz CT molecular complexity index is 1220. The summed E-state index contributed by atoms with van der Waals surface area (Å²) >= 11 is 7.49. The Hall–Kier alpha value is -3.07. The van der Waals surface area contributed by atoms with Gasteiger partial charge in [0.05, 0.1) is 26.0 Å². The molecule has 1 aliphatic rings. The highest BCUT2D eigenvalue weighted by Crippen LogP contribution is 2.38. The zero-order chi connectivity index (χ0) is 23.3. The Morgan fingerprint density at radius 2 is 1.76 bits per heavy atom. The van der Waals surface area contributed by atoms with Gasteiger partial charge in [0.2, 0.25) is 5.91 Å². The standard InChI is InChI=1S/C25H23ClN4O3S/c26-20-10-8-19(9-11-20)23-27-28-25(30(23)17-21-7-4-14-33-21)34-22(18-5-2-1-3-6-18)24(31)29-12-15-32-16-13-29/h1-11,14,22H,12-13,15-17H2/t22-/m0/s1. The molecule has 3 heterocycles. The normalized spacial score (nSPS) is 14.8. The molecule has 1 saturated heterocycles. The van der Waals surface area contributed by atoms with Crippen LogP contribution in [0.2, 0.25) is 5.02 Å². The Morgan fingerprint density at radius 3 is 2.47 bits per heavy atom. The molecule has 174 valence electrons. The highest BCUT2D eigenvalue weighted by molar-refractivity contribution is 8.00. The van der Waals surface area contributed by atoms with Gasteiger partial charge in [-0.2, -0.15) is 0 Å². The summed E-state index contributed by atoms with van der Waals surface area (Å²) in [5.41, 5.74) is 1.80. The molecule has 1 atom stereocenters. The lowest BCUT2D eigenvalue weighted by Crippen LogP contribution is -2.42. The van der Waals surface area contributed by atoms with Gasteiger partial charge in [0.25, 0.3) is 0 Å². The second-order valence-electron chi connectivity index (χ2n) is 7.82. The third-order valence-corrected chi connectivity index (χ3v) is 7.06. The summed E-state index contributed by atoms with van der Waals surface area (Å²) in [4.78, 5) is 15.5. The highest BCUT2D eigenvalue weighted by atomic mass is 35.5. The molecule has 4 aromatic rings. The van der Waals surface area contributed by atoms with Gasteiger partial charge >= 0.3 is 0 Å². The van der Waals surface area contributed by atoms with Gasteiger partial charge < -0.3 is 14.1 Å². The molecule has 1 aliphatic heterocycles. The van der Waals surface area contributed by atoms with Crippen LogP contribution >= 0.6 is 23.4 Å². The zero-order valence-corrected chi connectivity index (χ0v) is 19.9. The summed E-state index contributed by atoms with van der Waals surface area (Å²) in [6, 6.07) is 21.0. The predicted molar refractivity (Wildman–Crippen MR) is 131 cm³/mol. The Kier molecular flexibility index (Phi) is 6.99. The summed E-state index contributed by atoms with van der Waals surface area (Å²) < 4.78 is 13.0. The van der Waals surface area contributed by atoms with Crippen molar-refractivity contribution in [2.45, 2.75) is 17.0 Å². The van der Waals surface area contributed by atoms with E-state index in [4.69, 9.17) is 20.8 Å². The Morgan fingerprint density at radius 1 is 1.00 bits per heavy atom. The fourth-order valence-electron chi connectivity index (χ4n) is 3.83. The number of hydrogen-bond donors (Lipinski definition) is 0. The van der Waals surface area contributed by atoms with Crippen LogP contribution in [-0.4, -0.2) is 51.9 Å². The lowest BCUT2D eigenvalue weighted by molar-refractivity contribution is -0.134. The van der Waals surface area contributed by atoms with Crippen molar-refractivity contribution in [1.82, 2.24) is 19.7 Å². The van der Waals surface area contributed by atoms with Gasteiger partial charge in [-0.15, -0.1) is 10.2 Å². The van der Waals surface area contributed by atoms with Crippen LogP contribution in [0.3, 0.4) is 0 Å². The molecule has 2 aromatic heterocycles. The largest absolute Gasteiger partial charge is 0.467 e. The van der Waals surface area contributed by atoms with Crippen LogP contribution in [0, 0.1) is 0 Å². The highest BCUT2D eigenvalue weighted by Gasteiger charge is 2.30.